The number of hydrogen-bond acceptors (Lipinski definition) is 6. The van der Waals surface area contributed by atoms with Gasteiger partial charge in [-0.15, -0.1) is 0 Å². The summed E-state index contributed by atoms with van der Waals surface area (Å²) in [5.41, 5.74) is 1.32. The number of phenols is 1. The van der Waals surface area contributed by atoms with Crippen molar-refractivity contribution in [1.29, 1.82) is 0 Å². The van der Waals surface area contributed by atoms with Crippen LogP contribution < -0.4 is 14.8 Å². The molecule has 1 fully saturated rings. The molecule has 0 aromatic heterocycles. The van der Waals surface area contributed by atoms with Gasteiger partial charge >= 0.3 is 0 Å². The van der Waals surface area contributed by atoms with Crippen LogP contribution in [0.3, 0.4) is 0 Å². The van der Waals surface area contributed by atoms with Crippen molar-refractivity contribution < 1.29 is 24.5 Å². The molecule has 0 aliphatic carbocycles. The zero-order valence-corrected chi connectivity index (χ0v) is 21.2. The standard InChI is InChI=1S/C27H35ClN2O5/c1-3-20(4-2)29-26(33)23-7-6-21(31)14-25(23)34-17-22(32)16-30-11-9-27(10-12-30)15-18-13-19(28)5-8-24(18)35-27/h5-8,13-14,20,22,31-32H,3-4,9-12,15-17H2,1-2H3,(H,29,33)/t22-/m1/s1. The highest BCUT2D eigenvalue weighted by Crippen LogP contribution is 2.42. The maximum atomic E-state index is 12.7. The van der Waals surface area contributed by atoms with Crippen molar-refractivity contribution in [2.45, 2.75) is 63.7 Å². The van der Waals surface area contributed by atoms with Crippen molar-refractivity contribution in [1.82, 2.24) is 10.2 Å². The second-order valence-electron chi connectivity index (χ2n) is 9.65. The minimum atomic E-state index is -0.734. The van der Waals surface area contributed by atoms with Crippen LogP contribution in [0.15, 0.2) is 36.4 Å². The molecule has 0 saturated carbocycles. The third-order valence-corrected chi connectivity index (χ3v) is 7.29. The summed E-state index contributed by atoms with van der Waals surface area (Å²) in [5.74, 6) is 0.949. The minimum Gasteiger partial charge on any atom is -0.508 e. The van der Waals surface area contributed by atoms with Crippen molar-refractivity contribution in [3.8, 4) is 17.2 Å². The molecule has 4 rings (SSSR count). The molecule has 3 N–H and O–H groups in total. The average Bonchev–Trinajstić information content (AvgIpc) is 3.19. The first-order valence-corrected chi connectivity index (χ1v) is 12.8. The van der Waals surface area contributed by atoms with Gasteiger partial charge in [0.2, 0.25) is 0 Å². The van der Waals surface area contributed by atoms with E-state index in [1.807, 2.05) is 32.0 Å². The summed E-state index contributed by atoms with van der Waals surface area (Å²) in [6, 6.07) is 10.3. The normalized spacial score (nSPS) is 17.7. The molecule has 8 heteroatoms. The molecule has 1 amide bonds. The Labute approximate surface area is 212 Å². The number of nitrogens with zero attached hydrogens (tertiary/aromatic N) is 1. The van der Waals surface area contributed by atoms with Crippen LogP contribution in [-0.4, -0.2) is 65.0 Å². The first kappa shape index (κ1) is 25.6. The quantitative estimate of drug-likeness (QED) is 0.476. The number of aliphatic hydroxyl groups is 1. The van der Waals surface area contributed by atoms with Gasteiger partial charge in [0, 0.05) is 56.0 Å². The number of fused-ring (bicyclic) bond motifs is 1. The number of β-amino-alcohol motifs (C(OH)–C–C–N with tert-alkyl or cyclic N) is 1. The zero-order chi connectivity index (χ0) is 25.0. The lowest BCUT2D eigenvalue weighted by Gasteiger charge is -2.39. The number of likely N-dealkylation sites (tertiary alicyclic amines) is 1. The summed E-state index contributed by atoms with van der Waals surface area (Å²) < 4.78 is 12.1. The molecule has 2 aliphatic heterocycles. The van der Waals surface area contributed by atoms with E-state index < -0.39 is 6.10 Å². The highest BCUT2D eigenvalue weighted by atomic mass is 35.5. The first-order chi connectivity index (χ1) is 16.8. The monoisotopic (exact) mass is 502 g/mol. The number of benzene rings is 2. The van der Waals surface area contributed by atoms with Crippen LogP contribution in [0.5, 0.6) is 17.2 Å². The van der Waals surface area contributed by atoms with E-state index in [-0.39, 0.29) is 35.7 Å². The molecule has 0 unspecified atom stereocenters. The van der Waals surface area contributed by atoms with E-state index in [1.54, 1.807) is 6.07 Å². The first-order valence-electron chi connectivity index (χ1n) is 12.5. The summed E-state index contributed by atoms with van der Waals surface area (Å²) >= 11 is 6.14. The van der Waals surface area contributed by atoms with Crippen molar-refractivity contribution in [2.24, 2.45) is 0 Å². The summed E-state index contributed by atoms with van der Waals surface area (Å²) in [7, 11) is 0. The number of piperidine rings is 1. The Morgan fingerprint density at radius 2 is 1.94 bits per heavy atom. The molecule has 7 nitrogen and oxygen atoms in total. The second kappa shape index (κ2) is 11.1. The fourth-order valence-electron chi connectivity index (χ4n) is 4.93. The third-order valence-electron chi connectivity index (χ3n) is 7.06. The van der Waals surface area contributed by atoms with Gasteiger partial charge in [0.25, 0.3) is 5.91 Å². The van der Waals surface area contributed by atoms with E-state index in [4.69, 9.17) is 21.1 Å². The number of phenolic OH excluding ortho intramolecular Hbond substituents is 1. The fourth-order valence-corrected chi connectivity index (χ4v) is 5.13. The molecule has 190 valence electrons. The number of hydrogen-bond donors (Lipinski definition) is 3. The van der Waals surface area contributed by atoms with Crippen LogP contribution >= 0.6 is 11.6 Å². The van der Waals surface area contributed by atoms with Crippen LogP contribution in [-0.2, 0) is 6.42 Å². The number of ether oxygens (including phenoxy) is 2. The van der Waals surface area contributed by atoms with Gasteiger partial charge in [-0.25, -0.2) is 0 Å². The van der Waals surface area contributed by atoms with Gasteiger partial charge in [-0.3, -0.25) is 4.79 Å². The Morgan fingerprint density at radius 1 is 1.20 bits per heavy atom. The van der Waals surface area contributed by atoms with Crippen molar-refractivity contribution in [3.63, 3.8) is 0 Å². The smallest absolute Gasteiger partial charge is 0.255 e. The van der Waals surface area contributed by atoms with Crippen LogP contribution in [0, 0.1) is 0 Å². The summed E-state index contributed by atoms with van der Waals surface area (Å²) in [6.45, 7) is 6.16. The lowest BCUT2D eigenvalue weighted by molar-refractivity contribution is -0.00200. The fraction of sp³-hybridized carbons (Fsp3) is 0.519. The Balaban J connectivity index is 1.28. The average molecular weight is 503 g/mol. The SMILES string of the molecule is CCC(CC)NC(=O)c1ccc(O)cc1OC[C@H](O)CN1CCC2(CC1)Cc1cc(Cl)ccc1O2. The predicted molar refractivity (Wildman–Crippen MR) is 136 cm³/mol. The van der Waals surface area contributed by atoms with Gasteiger partial charge in [-0.05, 0) is 48.7 Å². The van der Waals surface area contributed by atoms with Crippen LogP contribution in [0.2, 0.25) is 5.02 Å². The molecule has 0 bridgehead atoms. The van der Waals surface area contributed by atoms with Gasteiger partial charge in [-0.1, -0.05) is 25.4 Å². The molecule has 1 saturated heterocycles. The molecule has 2 aliphatic rings. The Morgan fingerprint density at radius 3 is 2.66 bits per heavy atom. The molecule has 1 spiro atoms. The lowest BCUT2D eigenvalue weighted by Crippen LogP contribution is -2.49. The third kappa shape index (κ3) is 6.21. The zero-order valence-electron chi connectivity index (χ0n) is 20.4. The number of halogens is 1. The lowest BCUT2D eigenvalue weighted by atomic mass is 9.87. The van der Waals surface area contributed by atoms with Gasteiger partial charge in [0.05, 0.1) is 5.56 Å². The number of aliphatic hydroxyl groups excluding tert-OH is 1. The maximum absolute atomic E-state index is 12.7. The molecular weight excluding hydrogens is 468 g/mol. The molecule has 0 radical (unpaired) electrons. The number of carbonyl (C=O) groups excluding carboxylic acids is 1. The van der Waals surface area contributed by atoms with Gasteiger partial charge < -0.3 is 29.9 Å². The van der Waals surface area contributed by atoms with Crippen molar-refractivity contribution in [2.75, 3.05) is 26.2 Å². The Kier molecular flexibility index (Phi) is 8.09. The topological polar surface area (TPSA) is 91.3 Å². The van der Waals surface area contributed by atoms with Crippen LogP contribution in [0.1, 0.15) is 55.5 Å². The number of aromatic hydroxyl groups is 1. The van der Waals surface area contributed by atoms with E-state index in [2.05, 4.69) is 10.2 Å². The second-order valence-corrected chi connectivity index (χ2v) is 10.1. The predicted octanol–water partition coefficient (Wildman–Crippen LogP) is 4.17. The number of amides is 1. The van der Waals surface area contributed by atoms with E-state index in [0.717, 1.165) is 61.5 Å². The highest BCUT2D eigenvalue weighted by molar-refractivity contribution is 6.30. The van der Waals surface area contributed by atoms with Crippen LogP contribution in [0.25, 0.3) is 0 Å². The van der Waals surface area contributed by atoms with E-state index in [9.17, 15) is 15.0 Å². The molecule has 35 heavy (non-hydrogen) atoms. The largest absolute Gasteiger partial charge is 0.508 e. The molecular formula is C27H35ClN2O5. The molecule has 2 heterocycles. The number of nitrogens with one attached hydrogen (secondary N) is 1. The highest BCUT2D eigenvalue weighted by Gasteiger charge is 2.42. The van der Waals surface area contributed by atoms with E-state index in [0.29, 0.717) is 12.1 Å². The maximum Gasteiger partial charge on any atom is 0.255 e. The molecule has 2 aromatic rings. The number of rotatable bonds is 9. The van der Waals surface area contributed by atoms with Crippen LogP contribution in [0.4, 0.5) is 0 Å². The summed E-state index contributed by atoms with van der Waals surface area (Å²) in [6.07, 6.45) is 3.54. The van der Waals surface area contributed by atoms with Crippen molar-refractivity contribution >= 4 is 17.5 Å². The number of carbonyl (C=O) groups is 1. The minimum absolute atomic E-state index is 0.00810. The van der Waals surface area contributed by atoms with Gasteiger partial charge in [0.1, 0.15) is 35.6 Å². The van der Waals surface area contributed by atoms with E-state index in [1.165, 1.54) is 12.1 Å². The Bertz CT molecular complexity index is 1030. The van der Waals surface area contributed by atoms with E-state index >= 15 is 0 Å². The summed E-state index contributed by atoms with van der Waals surface area (Å²) in [5, 5.41) is 24.3. The summed E-state index contributed by atoms with van der Waals surface area (Å²) in [4.78, 5) is 14.9. The van der Waals surface area contributed by atoms with Gasteiger partial charge in [-0.2, -0.15) is 0 Å². The Hall–Kier alpha value is -2.48. The molecule has 1 atom stereocenters. The van der Waals surface area contributed by atoms with Crippen molar-refractivity contribution in [3.05, 3.63) is 52.5 Å². The molecule has 2 aromatic carbocycles. The van der Waals surface area contributed by atoms with Gasteiger partial charge in [0.15, 0.2) is 0 Å².